The fourth-order valence-corrected chi connectivity index (χ4v) is 2.26. The topological polar surface area (TPSA) is 46.3 Å². The summed E-state index contributed by atoms with van der Waals surface area (Å²) in [4.78, 5) is 13.0. The van der Waals surface area contributed by atoms with Gasteiger partial charge in [-0.3, -0.25) is 9.69 Å². The molecular formula is C13H18N2O. The van der Waals surface area contributed by atoms with Crippen molar-refractivity contribution in [3.63, 3.8) is 0 Å². The zero-order valence-electron chi connectivity index (χ0n) is 9.86. The number of nitrogens with two attached hydrogens (primary N) is 1. The van der Waals surface area contributed by atoms with Gasteiger partial charge in [0.05, 0.1) is 6.54 Å². The van der Waals surface area contributed by atoms with E-state index >= 15 is 0 Å². The highest BCUT2D eigenvalue weighted by Gasteiger charge is 2.47. The third-order valence-corrected chi connectivity index (χ3v) is 3.44. The van der Waals surface area contributed by atoms with Crippen molar-refractivity contribution >= 4 is 5.91 Å². The Balaban J connectivity index is 2.19. The van der Waals surface area contributed by atoms with E-state index < -0.39 is 0 Å². The average Bonchev–Trinajstić information content (AvgIpc) is 2.98. The first-order chi connectivity index (χ1) is 7.54. The van der Waals surface area contributed by atoms with E-state index in [0.717, 1.165) is 12.8 Å². The zero-order valence-corrected chi connectivity index (χ0v) is 9.86. The molecule has 1 amide bonds. The van der Waals surface area contributed by atoms with Gasteiger partial charge in [-0.15, -0.1) is 0 Å². The fraction of sp³-hybridized carbons (Fsp3) is 0.462. The van der Waals surface area contributed by atoms with Crippen molar-refractivity contribution < 1.29 is 4.79 Å². The Labute approximate surface area is 96.2 Å². The lowest BCUT2D eigenvalue weighted by Gasteiger charge is -2.27. The number of nitrogens with zero attached hydrogens (tertiary/aromatic N) is 1. The molecule has 2 rings (SSSR count). The van der Waals surface area contributed by atoms with Crippen molar-refractivity contribution in [1.82, 2.24) is 4.90 Å². The normalized spacial score (nSPS) is 17.4. The fourth-order valence-electron chi connectivity index (χ4n) is 2.26. The first-order valence-electron chi connectivity index (χ1n) is 5.61. The van der Waals surface area contributed by atoms with Gasteiger partial charge in [0.1, 0.15) is 0 Å². The van der Waals surface area contributed by atoms with Gasteiger partial charge in [0.25, 0.3) is 0 Å². The van der Waals surface area contributed by atoms with Gasteiger partial charge in [0.2, 0.25) is 5.91 Å². The molecule has 1 fully saturated rings. The molecule has 0 heterocycles. The molecule has 1 aliphatic carbocycles. The molecule has 16 heavy (non-hydrogen) atoms. The van der Waals surface area contributed by atoms with Gasteiger partial charge in [0.15, 0.2) is 0 Å². The van der Waals surface area contributed by atoms with Crippen LogP contribution in [0.5, 0.6) is 0 Å². The van der Waals surface area contributed by atoms with E-state index in [4.69, 9.17) is 5.73 Å². The minimum Gasteiger partial charge on any atom is -0.369 e. The molecule has 0 aromatic heterocycles. The summed E-state index contributed by atoms with van der Waals surface area (Å²) in [7, 11) is 1.97. The molecule has 0 spiro atoms. The number of likely N-dealkylation sites (N-methyl/N-ethyl adjacent to an activating group) is 1. The number of rotatable bonds is 4. The van der Waals surface area contributed by atoms with E-state index in [0.29, 0.717) is 6.54 Å². The number of aryl methyl sites for hydroxylation is 1. The highest BCUT2D eigenvalue weighted by molar-refractivity contribution is 5.76. The van der Waals surface area contributed by atoms with Gasteiger partial charge in [-0.1, -0.05) is 29.8 Å². The lowest BCUT2D eigenvalue weighted by atomic mass is 10.0. The Morgan fingerprint density at radius 2 is 1.94 bits per heavy atom. The largest absolute Gasteiger partial charge is 0.369 e. The van der Waals surface area contributed by atoms with Crippen LogP contribution in [0.1, 0.15) is 24.0 Å². The minimum atomic E-state index is -0.263. The van der Waals surface area contributed by atoms with Gasteiger partial charge in [-0.05, 0) is 32.4 Å². The Morgan fingerprint density at radius 1 is 1.38 bits per heavy atom. The molecule has 1 aromatic carbocycles. The van der Waals surface area contributed by atoms with E-state index in [2.05, 4.69) is 36.1 Å². The number of hydrogen-bond acceptors (Lipinski definition) is 2. The predicted octanol–water partition coefficient (Wildman–Crippen LogP) is 1.40. The van der Waals surface area contributed by atoms with Crippen molar-refractivity contribution in [3.8, 4) is 0 Å². The van der Waals surface area contributed by atoms with E-state index in [9.17, 15) is 4.79 Å². The van der Waals surface area contributed by atoms with Crippen LogP contribution in [0.2, 0.25) is 0 Å². The Morgan fingerprint density at radius 3 is 2.38 bits per heavy atom. The van der Waals surface area contributed by atoms with Crippen LogP contribution in [0.4, 0.5) is 0 Å². The van der Waals surface area contributed by atoms with Gasteiger partial charge < -0.3 is 5.73 Å². The molecule has 0 radical (unpaired) electrons. The average molecular weight is 218 g/mol. The maximum Gasteiger partial charge on any atom is 0.231 e. The third kappa shape index (κ3) is 1.95. The highest BCUT2D eigenvalue weighted by Crippen LogP contribution is 2.50. The van der Waals surface area contributed by atoms with Crippen LogP contribution in [0.25, 0.3) is 0 Å². The lowest BCUT2D eigenvalue weighted by molar-refractivity contribution is -0.119. The molecule has 0 atom stereocenters. The Kier molecular flexibility index (Phi) is 2.72. The summed E-state index contributed by atoms with van der Waals surface area (Å²) in [5, 5.41) is 0. The highest BCUT2D eigenvalue weighted by atomic mass is 16.1. The van der Waals surface area contributed by atoms with Gasteiger partial charge in [0, 0.05) is 5.54 Å². The van der Waals surface area contributed by atoms with Crippen LogP contribution in [0, 0.1) is 6.92 Å². The Hall–Kier alpha value is -1.35. The monoisotopic (exact) mass is 218 g/mol. The minimum absolute atomic E-state index is 0.0583. The van der Waals surface area contributed by atoms with Crippen LogP contribution in [-0.4, -0.2) is 24.4 Å². The molecule has 0 unspecified atom stereocenters. The number of amides is 1. The van der Waals surface area contributed by atoms with Crippen LogP contribution in [0.15, 0.2) is 24.3 Å². The number of hydrogen-bond donors (Lipinski definition) is 1. The molecule has 86 valence electrons. The summed E-state index contributed by atoms with van der Waals surface area (Å²) in [6.45, 7) is 2.41. The Bertz CT molecular complexity index is 393. The number of benzene rings is 1. The summed E-state index contributed by atoms with van der Waals surface area (Å²) in [5.74, 6) is -0.263. The molecule has 0 aliphatic heterocycles. The van der Waals surface area contributed by atoms with Gasteiger partial charge in [-0.2, -0.15) is 0 Å². The molecular weight excluding hydrogens is 200 g/mol. The molecule has 2 N–H and O–H groups in total. The molecule has 0 bridgehead atoms. The smallest absolute Gasteiger partial charge is 0.231 e. The third-order valence-electron chi connectivity index (χ3n) is 3.44. The quantitative estimate of drug-likeness (QED) is 0.830. The van der Waals surface area contributed by atoms with E-state index in [-0.39, 0.29) is 11.4 Å². The van der Waals surface area contributed by atoms with E-state index in [1.165, 1.54) is 11.1 Å². The molecule has 0 saturated heterocycles. The van der Waals surface area contributed by atoms with Crippen molar-refractivity contribution in [2.75, 3.05) is 13.6 Å². The van der Waals surface area contributed by atoms with Crippen LogP contribution in [0.3, 0.4) is 0 Å². The summed E-state index contributed by atoms with van der Waals surface area (Å²) in [6, 6.07) is 8.54. The first-order valence-corrected chi connectivity index (χ1v) is 5.61. The molecule has 3 heteroatoms. The molecule has 3 nitrogen and oxygen atoms in total. The van der Waals surface area contributed by atoms with Crippen molar-refractivity contribution in [2.24, 2.45) is 5.73 Å². The number of carbonyl (C=O) groups excluding carboxylic acids is 1. The maximum absolute atomic E-state index is 11.0. The number of carbonyl (C=O) groups is 1. The standard InChI is InChI=1S/C13H18N2O/c1-10-3-5-11(6-4-10)13(7-8-13)15(2)9-12(14)16/h3-6H,7-9H2,1-2H3,(H2,14,16). The van der Waals surface area contributed by atoms with Crippen molar-refractivity contribution in [2.45, 2.75) is 25.3 Å². The lowest BCUT2D eigenvalue weighted by Crippen LogP contribution is -2.38. The predicted molar refractivity (Wildman–Crippen MR) is 63.9 cm³/mol. The first kappa shape index (κ1) is 11.1. The van der Waals surface area contributed by atoms with Gasteiger partial charge >= 0.3 is 0 Å². The molecule has 1 aromatic rings. The summed E-state index contributed by atoms with van der Waals surface area (Å²) < 4.78 is 0. The second-order valence-corrected chi connectivity index (χ2v) is 4.72. The maximum atomic E-state index is 11.0. The molecule has 1 aliphatic rings. The van der Waals surface area contributed by atoms with E-state index in [1.54, 1.807) is 0 Å². The van der Waals surface area contributed by atoms with Crippen molar-refractivity contribution in [3.05, 3.63) is 35.4 Å². The molecule has 1 saturated carbocycles. The van der Waals surface area contributed by atoms with Gasteiger partial charge in [-0.25, -0.2) is 0 Å². The van der Waals surface area contributed by atoms with Crippen LogP contribution < -0.4 is 5.73 Å². The summed E-state index contributed by atoms with van der Waals surface area (Å²) in [6.07, 6.45) is 2.22. The van der Waals surface area contributed by atoms with E-state index in [1.807, 2.05) is 7.05 Å². The number of primary amides is 1. The zero-order chi connectivity index (χ0) is 11.8. The van der Waals surface area contributed by atoms with Crippen LogP contribution >= 0.6 is 0 Å². The van der Waals surface area contributed by atoms with Crippen LogP contribution in [-0.2, 0) is 10.3 Å². The summed E-state index contributed by atoms with van der Waals surface area (Å²) >= 11 is 0. The van der Waals surface area contributed by atoms with Crippen molar-refractivity contribution in [1.29, 1.82) is 0 Å². The SMILES string of the molecule is Cc1ccc(C2(N(C)CC(N)=O)CC2)cc1. The summed E-state index contributed by atoms with van der Waals surface area (Å²) in [5.41, 5.74) is 7.85. The second kappa shape index (κ2) is 3.91. The second-order valence-electron chi connectivity index (χ2n) is 4.72.